The molecule has 1 rings (SSSR count). The number of nitrogens with one attached hydrogen (secondary N) is 1. The fraction of sp³-hybridized carbons (Fsp3) is 0.333. The maximum absolute atomic E-state index is 5.96. The molecular formula is C9H13ClN2O. The summed E-state index contributed by atoms with van der Waals surface area (Å²) in [4.78, 5) is 0. The SMILES string of the molecule is COc1cccc(Cl)c1NCCN. The van der Waals surface area contributed by atoms with Crippen LogP contribution >= 0.6 is 11.6 Å². The summed E-state index contributed by atoms with van der Waals surface area (Å²) in [5, 5.41) is 3.75. The van der Waals surface area contributed by atoms with Gasteiger partial charge in [-0.1, -0.05) is 17.7 Å². The number of hydrogen-bond donors (Lipinski definition) is 2. The van der Waals surface area contributed by atoms with E-state index in [0.717, 1.165) is 11.4 Å². The predicted octanol–water partition coefficient (Wildman–Crippen LogP) is 1.72. The van der Waals surface area contributed by atoms with Crippen LogP contribution < -0.4 is 15.8 Å². The highest BCUT2D eigenvalue weighted by atomic mass is 35.5. The van der Waals surface area contributed by atoms with E-state index >= 15 is 0 Å². The van der Waals surface area contributed by atoms with Crippen LogP contribution in [0.15, 0.2) is 18.2 Å². The maximum atomic E-state index is 5.96. The van der Waals surface area contributed by atoms with Crippen molar-refractivity contribution in [3.05, 3.63) is 23.2 Å². The summed E-state index contributed by atoms with van der Waals surface area (Å²) < 4.78 is 5.14. The Bertz CT molecular complexity index is 278. The average molecular weight is 201 g/mol. The highest BCUT2D eigenvalue weighted by molar-refractivity contribution is 6.33. The van der Waals surface area contributed by atoms with Crippen molar-refractivity contribution in [1.29, 1.82) is 0 Å². The van der Waals surface area contributed by atoms with E-state index < -0.39 is 0 Å². The fourth-order valence-corrected chi connectivity index (χ4v) is 1.28. The molecule has 0 aliphatic carbocycles. The Morgan fingerprint density at radius 2 is 2.31 bits per heavy atom. The molecule has 3 nitrogen and oxygen atoms in total. The van der Waals surface area contributed by atoms with Crippen LogP contribution in [-0.2, 0) is 0 Å². The first-order valence-corrected chi connectivity index (χ1v) is 4.44. The minimum atomic E-state index is 0.564. The fourth-order valence-electron chi connectivity index (χ4n) is 1.04. The Kier molecular flexibility index (Phi) is 3.86. The molecule has 0 saturated carbocycles. The van der Waals surface area contributed by atoms with Crippen molar-refractivity contribution >= 4 is 17.3 Å². The highest BCUT2D eigenvalue weighted by Gasteiger charge is 2.05. The molecule has 0 bridgehead atoms. The monoisotopic (exact) mass is 200 g/mol. The summed E-state index contributed by atoms with van der Waals surface area (Å²) in [6.07, 6.45) is 0. The van der Waals surface area contributed by atoms with Gasteiger partial charge in [-0.2, -0.15) is 0 Å². The number of methoxy groups -OCH3 is 1. The number of anilines is 1. The first kappa shape index (κ1) is 10.2. The van der Waals surface area contributed by atoms with Crippen LogP contribution in [0, 0.1) is 0 Å². The molecule has 0 fully saturated rings. The zero-order valence-electron chi connectivity index (χ0n) is 7.51. The molecule has 0 aromatic heterocycles. The van der Waals surface area contributed by atoms with E-state index in [1.54, 1.807) is 7.11 Å². The average Bonchev–Trinajstić information content (AvgIpc) is 2.15. The number of rotatable bonds is 4. The molecule has 1 aromatic rings. The van der Waals surface area contributed by atoms with Crippen LogP contribution in [0.25, 0.3) is 0 Å². The lowest BCUT2D eigenvalue weighted by molar-refractivity contribution is 0.416. The van der Waals surface area contributed by atoms with E-state index in [2.05, 4.69) is 5.32 Å². The molecule has 0 unspecified atom stereocenters. The van der Waals surface area contributed by atoms with Crippen molar-refractivity contribution in [3.8, 4) is 5.75 Å². The van der Waals surface area contributed by atoms with E-state index in [0.29, 0.717) is 18.1 Å². The summed E-state index contributed by atoms with van der Waals surface area (Å²) in [6, 6.07) is 5.50. The molecule has 0 aliphatic heterocycles. The Balaban J connectivity index is 2.87. The Morgan fingerprint density at radius 3 is 2.92 bits per heavy atom. The Hall–Kier alpha value is -0.930. The normalized spacial score (nSPS) is 9.77. The van der Waals surface area contributed by atoms with Crippen LogP contribution in [0.3, 0.4) is 0 Å². The first-order valence-electron chi connectivity index (χ1n) is 4.06. The van der Waals surface area contributed by atoms with Gasteiger partial charge in [0.2, 0.25) is 0 Å². The number of para-hydroxylation sites is 1. The van der Waals surface area contributed by atoms with Crippen molar-refractivity contribution in [3.63, 3.8) is 0 Å². The molecule has 0 spiro atoms. The number of hydrogen-bond acceptors (Lipinski definition) is 3. The minimum absolute atomic E-state index is 0.564. The van der Waals surface area contributed by atoms with Gasteiger partial charge < -0.3 is 15.8 Å². The summed E-state index contributed by atoms with van der Waals surface area (Å²) in [5.41, 5.74) is 6.17. The number of ether oxygens (including phenoxy) is 1. The zero-order valence-corrected chi connectivity index (χ0v) is 8.27. The van der Waals surface area contributed by atoms with Crippen molar-refractivity contribution < 1.29 is 4.74 Å². The largest absolute Gasteiger partial charge is 0.495 e. The molecule has 0 amide bonds. The minimum Gasteiger partial charge on any atom is -0.495 e. The van der Waals surface area contributed by atoms with E-state index in [4.69, 9.17) is 22.1 Å². The highest BCUT2D eigenvalue weighted by Crippen LogP contribution is 2.31. The molecule has 4 heteroatoms. The molecule has 1 aromatic carbocycles. The van der Waals surface area contributed by atoms with E-state index in [1.165, 1.54) is 0 Å². The van der Waals surface area contributed by atoms with Crippen LogP contribution in [0.1, 0.15) is 0 Å². The molecule has 0 atom stereocenters. The number of halogens is 1. The lowest BCUT2D eigenvalue weighted by Crippen LogP contribution is -2.13. The van der Waals surface area contributed by atoms with Gasteiger partial charge >= 0.3 is 0 Å². The third-order valence-electron chi connectivity index (χ3n) is 1.64. The molecule has 0 aliphatic rings. The van der Waals surface area contributed by atoms with Gasteiger partial charge in [-0.05, 0) is 12.1 Å². The smallest absolute Gasteiger partial charge is 0.143 e. The third kappa shape index (κ3) is 2.50. The predicted molar refractivity (Wildman–Crippen MR) is 55.5 cm³/mol. The van der Waals surface area contributed by atoms with Gasteiger partial charge in [0.05, 0.1) is 17.8 Å². The maximum Gasteiger partial charge on any atom is 0.143 e. The van der Waals surface area contributed by atoms with Crippen molar-refractivity contribution in [2.75, 3.05) is 25.5 Å². The van der Waals surface area contributed by atoms with Crippen LogP contribution in [0.2, 0.25) is 5.02 Å². The molecular weight excluding hydrogens is 188 g/mol. The third-order valence-corrected chi connectivity index (χ3v) is 1.96. The molecule has 0 saturated heterocycles. The second kappa shape index (κ2) is 4.94. The first-order chi connectivity index (χ1) is 6.29. The van der Waals surface area contributed by atoms with Crippen molar-refractivity contribution in [2.45, 2.75) is 0 Å². The number of nitrogens with two attached hydrogens (primary N) is 1. The van der Waals surface area contributed by atoms with Gasteiger partial charge in [-0.3, -0.25) is 0 Å². The quantitative estimate of drug-likeness (QED) is 0.778. The Morgan fingerprint density at radius 1 is 1.54 bits per heavy atom. The van der Waals surface area contributed by atoms with Gasteiger partial charge in [0.15, 0.2) is 0 Å². The summed E-state index contributed by atoms with van der Waals surface area (Å²) in [7, 11) is 1.61. The zero-order chi connectivity index (χ0) is 9.68. The molecule has 13 heavy (non-hydrogen) atoms. The van der Waals surface area contributed by atoms with Crippen molar-refractivity contribution in [1.82, 2.24) is 0 Å². The summed E-state index contributed by atoms with van der Waals surface area (Å²) in [6.45, 7) is 1.24. The topological polar surface area (TPSA) is 47.3 Å². The second-order valence-corrected chi connectivity index (χ2v) is 2.94. The van der Waals surface area contributed by atoms with Crippen molar-refractivity contribution in [2.24, 2.45) is 5.73 Å². The Labute approximate surface area is 82.8 Å². The van der Waals surface area contributed by atoms with E-state index in [-0.39, 0.29) is 0 Å². The van der Waals surface area contributed by atoms with E-state index in [9.17, 15) is 0 Å². The standard InChI is InChI=1S/C9H13ClN2O/c1-13-8-4-2-3-7(10)9(8)12-6-5-11/h2-4,12H,5-6,11H2,1H3. The molecule has 0 radical (unpaired) electrons. The van der Waals surface area contributed by atoms with Crippen LogP contribution in [0.4, 0.5) is 5.69 Å². The molecule has 0 heterocycles. The van der Waals surface area contributed by atoms with Crippen LogP contribution in [-0.4, -0.2) is 20.2 Å². The van der Waals surface area contributed by atoms with Gasteiger partial charge in [0.1, 0.15) is 5.75 Å². The van der Waals surface area contributed by atoms with Gasteiger partial charge in [-0.15, -0.1) is 0 Å². The van der Waals surface area contributed by atoms with Gasteiger partial charge in [0.25, 0.3) is 0 Å². The van der Waals surface area contributed by atoms with Gasteiger partial charge in [-0.25, -0.2) is 0 Å². The molecule has 3 N–H and O–H groups in total. The lowest BCUT2D eigenvalue weighted by atomic mass is 10.3. The lowest BCUT2D eigenvalue weighted by Gasteiger charge is -2.11. The van der Waals surface area contributed by atoms with E-state index in [1.807, 2.05) is 18.2 Å². The van der Waals surface area contributed by atoms with Crippen LogP contribution in [0.5, 0.6) is 5.75 Å². The summed E-state index contributed by atoms with van der Waals surface area (Å²) in [5.74, 6) is 0.737. The summed E-state index contributed by atoms with van der Waals surface area (Å²) >= 11 is 5.96. The molecule has 72 valence electrons. The van der Waals surface area contributed by atoms with Gasteiger partial charge in [0, 0.05) is 13.1 Å². The number of benzene rings is 1. The second-order valence-electron chi connectivity index (χ2n) is 2.53.